The molecule has 0 bridgehead atoms. The fourth-order valence-electron chi connectivity index (χ4n) is 0.749. The molecular formula is C7H14ClNSi. The molecule has 0 spiro atoms. The van der Waals surface area contributed by atoms with Gasteiger partial charge in [-0.3, -0.25) is 0 Å². The maximum atomic E-state index is 8.22. The van der Waals surface area contributed by atoms with Crippen LogP contribution in [0.15, 0.2) is 0 Å². The summed E-state index contributed by atoms with van der Waals surface area (Å²) in [5.41, 5.74) is 0. The topological polar surface area (TPSA) is 23.8 Å². The number of nitriles is 1. The SMILES string of the molecule is C[Si](C)(Cl)CCCCC#N. The van der Waals surface area contributed by atoms with Crippen molar-refractivity contribution in [2.24, 2.45) is 0 Å². The van der Waals surface area contributed by atoms with Gasteiger partial charge in [0.2, 0.25) is 0 Å². The molecular weight excluding hydrogens is 162 g/mol. The van der Waals surface area contributed by atoms with Crippen LogP contribution in [0.25, 0.3) is 0 Å². The third kappa shape index (κ3) is 8.00. The lowest BCUT2D eigenvalue weighted by Gasteiger charge is -2.10. The zero-order valence-corrected chi connectivity index (χ0v) is 8.41. The predicted molar refractivity (Wildman–Crippen MR) is 47.6 cm³/mol. The molecule has 0 aliphatic rings. The van der Waals surface area contributed by atoms with E-state index in [1.807, 2.05) is 0 Å². The van der Waals surface area contributed by atoms with Crippen molar-refractivity contribution in [2.75, 3.05) is 0 Å². The van der Waals surface area contributed by atoms with Gasteiger partial charge < -0.3 is 0 Å². The van der Waals surface area contributed by atoms with Crippen molar-refractivity contribution in [3.8, 4) is 6.07 Å². The van der Waals surface area contributed by atoms with Crippen LogP contribution in [0.2, 0.25) is 19.1 Å². The van der Waals surface area contributed by atoms with E-state index >= 15 is 0 Å². The highest BCUT2D eigenvalue weighted by Gasteiger charge is 2.15. The van der Waals surface area contributed by atoms with Gasteiger partial charge in [-0.25, -0.2) is 0 Å². The van der Waals surface area contributed by atoms with E-state index in [1.165, 1.54) is 0 Å². The van der Waals surface area contributed by atoms with Crippen molar-refractivity contribution in [3.63, 3.8) is 0 Å². The number of hydrogen-bond acceptors (Lipinski definition) is 1. The van der Waals surface area contributed by atoms with E-state index in [9.17, 15) is 0 Å². The summed E-state index contributed by atoms with van der Waals surface area (Å²) in [5, 5.41) is 8.22. The summed E-state index contributed by atoms with van der Waals surface area (Å²) in [6.07, 6.45) is 2.82. The Labute approximate surface area is 68.7 Å². The van der Waals surface area contributed by atoms with Gasteiger partial charge in [-0.05, 0) is 12.5 Å². The average molecular weight is 176 g/mol. The van der Waals surface area contributed by atoms with Crippen molar-refractivity contribution in [1.29, 1.82) is 5.26 Å². The van der Waals surface area contributed by atoms with E-state index in [4.69, 9.17) is 16.3 Å². The van der Waals surface area contributed by atoms with E-state index in [-0.39, 0.29) is 0 Å². The van der Waals surface area contributed by atoms with Gasteiger partial charge in [0.1, 0.15) is 7.38 Å². The monoisotopic (exact) mass is 175 g/mol. The Bertz CT molecular complexity index is 123. The summed E-state index contributed by atoms with van der Waals surface area (Å²) in [6, 6.07) is 3.26. The van der Waals surface area contributed by atoms with Crippen molar-refractivity contribution in [3.05, 3.63) is 0 Å². The molecule has 1 nitrogen and oxygen atoms in total. The van der Waals surface area contributed by atoms with E-state index in [0.717, 1.165) is 18.9 Å². The zero-order valence-electron chi connectivity index (χ0n) is 6.65. The molecule has 0 aromatic heterocycles. The van der Waals surface area contributed by atoms with Crippen LogP contribution in [0.1, 0.15) is 19.3 Å². The summed E-state index contributed by atoms with van der Waals surface area (Å²) < 4.78 is 0. The van der Waals surface area contributed by atoms with Crippen LogP contribution in [0, 0.1) is 11.3 Å². The molecule has 10 heavy (non-hydrogen) atoms. The van der Waals surface area contributed by atoms with Gasteiger partial charge in [0.25, 0.3) is 0 Å². The van der Waals surface area contributed by atoms with Crippen molar-refractivity contribution >= 4 is 18.5 Å². The highest BCUT2D eigenvalue weighted by Crippen LogP contribution is 2.17. The summed E-state index contributed by atoms with van der Waals surface area (Å²) >= 11 is 6.07. The molecule has 0 heterocycles. The van der Waals surface area contributed by atoms with Crippen molar-refractivity contribution in [1.82, 2.24) is 0 Å². The van der Waals surface area contributed by atoms with Gasteiger partial charge in [-0.2, -0.15) is 16.3 Å². The molecule has 0 aliphatic carbocycles. The minimum absolute atomic E-state index is 0.682. The first-order chi connectivity index (χ1) is 4.56. The molecule has 58 valence electrons. The summed E-state index contributed by atoms with van der Waals surface area (Å²) in [4.78, 5) is 0. The molecule has 0 saturated heterocycles. The summed E-state index contributed by atoms with van der Waals surface area (Å²) in [6.45, 7) is 4.28. The Kier molecular flexibility index (Phi) is 4.76. The minimum Gasteiger partial charge on any atom is -0.198 e. The Morgan fingerprint density at radius 2 is 2.00 bits per heavy atom. The van der Waals surface area contributed by atoms with E-state index in [1.54, 1.807) is 0 Å². The van der Waals surface area contributed by atoms with Gasteiger partial charge in [-0.15, -0.1) is 0 Å². The fourth-order valence-corrected chi connectivity index (χ4v) is 2.24. The first-order valence-electron chi connectivity index (χ1n) is 3.62. The van der Waals surface area contributed by atoms with Crippen LogP contribution in [0.4, 0.5) is 0 Å². The van der Waals surface area contributed by atoms with Crippen molar-refractivity contribution in [2.45, 2.75) is 38.4 Å². The molecule has 0 aliphatic heterocycles. The van der Waals surface area contributed by atoms with Gasteiger partial charge in [0.15, 0.2) is 0 Å². The van der Waals surface area contributed by atoms with Gasteiger partial charge in [0.05, 0.1) is 6.07 Å². The molecule has 0 saturated carbocycles. The maximum absolute atomic E-state index is 8.22. The molecule has 0 atom stereocenters. The average Bonchev–Trinajstić information content (AvgIpc) is 1.78. The minimum atomic E-state index is -1.34. The molecule has 0 N–H and O–H groups in total. The third-order valence-electron chi connectivity index (χ3n) is 1.31. The Morgan fingerprint density at radius 3 is 2.40 bits per heavy atom. The molecule has 0 aromatic rings. The van der Waals surface area contributed by atoms with Crippen LogP contribution < -0.4 is 0 Å². The fraction of sp³-hybridized carbons (Fsp3) is 0.857. The number of rotatable bonds is 4. The Hall–Kier alpha value is -0.00312. The first-order valence-corrected chi connectivity index (χ1v) is 7.84. The molecule has 0 fully saturated rings. The van der Waals surface area contributed by atoms with Crippen LogP contribution in [-0.2, 0) is 0 Å². The second kappa shape index (κ2) is 4.76. The number of nitrogens with zero attached hydrogens (tertiary/aromatic N) is 1. The van der Waals surface area contributed by atoms with Crippen LogP contribution in [0.3, 0.4) is 0 Å². The van der Waals surface area contributed by atoms with E-state index in [0.29, 0.717) is 6.42 Å². The van der Waals surface area contributed by atoms with E-state index in [2.05, 4.69) is 19.2 Å². The molecule has 3 heteroatoms. The number of halogens is 1. The highest BCUT2D eigenvalue weighted by atomic mass is 35.6. The van der Waals surface area contributed by atoms with E-state index < -0.39 is 7.38 Å². The number of unbranched alkanes of at least 4 members (excludes halogenated alkanes) is 2. The largest absolute Gasteiger partial charge is 0.198 e. The second-order valence-electron chi connectivity index (χ2n) is 3.08. The van der Waals surface area contributed by atoms with Crippen LogP contribution >= 0.6 is 11.1 Å². The summed E-state index contributed by atoms with van der Waals surface area (Å²) in [5.74, 6) is 0. The third-order valence-corrected chi connectivity index (χ3v) is 3.42. The quantitative estimate of drug-likeness (QED) is 0.366. The number of hydrogen-bond donors (Lipinski definition) is 0. The highest BCUT2D eigenvalue weighted by molar-refractivity contribution is 7.19. The van der Waals surface area contributed by atoms with Crippen molar-refractivity contribution < 1.29 is 0 Å². The van der Waals surface area contributed by atoms with Crippen LogP contribution in [-0.4, -0.2) is 7.38 Å². The Balaban J connectivity index is 3.14. The Morgan fingerprint density at radius 1 is 1.40 bits per heavy atom. The standard InChI is InChI=1S/C7H14ClNSi/c1-10(2,8)7-5-3-4-6-9/h3-5,7H2,1-2H3. The molecule has 0 rings (SSSR count). The smallest absolute Gasteiger partial charge is 0.150 e. The lowest BCUT2D eigenvalue weighted by atomic mass is 10.3. The first kappa shape index (κ1) is 10.00. The molecule has 0 aromatic carbocycles. The molecule has 0 radical (unpaired) electrons. The lowest BCUT2D eigenvalue weighted by Crippen LogP contribution is -2.14. The lowest BCUT2D eigenvalue weighted by molar-refractivity contribution is 0.813. The summed E-state index contributed by atoms with van der Waals surface area (Å²) in [7, 11) is -1.34. The molecule has 0 amide bonds. The predicted octanol–water partition coefficient (Wildman–Crippen LogP) is 3.12. The zero-order chi connectivity index (χ0) is 8.04. The van der Waals surface area contributed by atoms with Gasteiger partial charge in [-0.1, -0.05) is 19.5 Å². The normalized spacial score (nSPS) is 11.0. The van der Waals surface area contributed by atoms with Gasteiger partial charge >= 0.3 is 0 Å². The second-order valence-corrected chi connectivity index (χ2v) is 10.1. The molecule has 0 unspecified atom stereocenters. The van der Waals surface area contributed by atoms with Crippen LogP contribution in [0.5, 0.6) is 0 Å². The van der Waals surface area contributed by atoms with Gasteiger partial charge in [0, 0.05) is 6.42 Å². The maximum Gasteiger partial charge on any atom is 0.150 e.